The highest BCUT2D eigenvalue weighted by molar-refractivity contribution is 6.33. The number of para-hydroxylation sites is 1. The number of rotatable bonds is 1. The Morgan fingerprint density at radius 2 is 1.81 bits per heavy atom. The number of aromatic nitrogens is 3. The second-order valence-electron chi connectivity index (χ2n) is 3.42. The van der Waals surface area contributed by atoms with E-state index in [9.17, 15) is 0 Å². The van der Waals surface area contributed by atoms with Gasteiger partial charge < -0.3 is 0 Å². The molecule has 0 aliphatic heterocycles. The lowest BCUT2D eigenvalue weighted by Crippen LogP contribution is -1.90. The van der Waals surface area contributed by atoms with Crippen molar-refractivity contribution < 1.29 is 0 Å². The highest BCUT2D eigenvalue weighted by Gasteiger charge is 2.07. The Morgan fingerprint density at radius 3 is 2.62 bits per heavy atom. The number of fused-ring (bicyclic) bond motifs is 1. The lowest BCUT2D eigenvalue weighted by atomic mass is 10.3. The molecule has 3 aromatic rings. The summed E-state index contributed by atoms with van der Waals surface area (Å²) in [6, 6.07) is 11.9. The molecule has 16 heavy (non-hydrogen) atoms. The molecule has 3 rings (SSSR count). The van der Waals surface area contributed by atoms with Crippen LogP contribution in [0.3, 0.4) is 0 Å². The van der Waals surface area contributed by atoms with Gasteiger partial charge in [0.15, 0.2) is 5.15 Å². The Hall–Kier alpha value is -1.87. The SMILES string of the molecule is Clc1nccc2c1ncn2-c1ccccc1. The Bertz CT molecular complexity index is 631. The molecule has 0 unspecified atom stereocenters. The van der Waals surface area contributed by atoms with Gasteiger partial charge in [0.1, 0.15) is 11.8 Å². The summed E-state index contributed by atoms with van der Waals surface area (Å²) in [5.41, 5.74) is 2.76. The fraction of sp³-hybridized carbons (Fsp3) is 0. The van der Waals surface area contributed by atoms with Gasteiger partial charge >= 0.3 is 0 Å². The van der Waals surface area contributed by atoms with E-state index >= 15 is 0 Å². The largest absolute Gasteiger partial charge is 0.299 e. The van der Waals surface area contributed by atoms with E-state index in [1.54, 1.807) is 12.5 Å². The van der Waals surface area contributed by atoms with E-state index < -0.39 is 0 Å². The number of pyridine rings is 1. The molecular formula is C12H8ClN3. The van der Waals surface area contributed by atoms with Crippen LogP contribution >= 0.6 is 11.6 Å². The summed E-state index contributed by atoms with van der Waals surface area (Å²) in [6.07, 6.45) is 3.44. The number of hydrogen-bond acceptors (Lipinski definition) is 2. The van der Waals surface area contributed by atoms with E-state index in [-0.39, 0.29) is 0 Å². The van der Waals surface area contributed by atoms with Crippen molar-refractivity contribution in [3.05, 3.63) is 54.1 Å². The van der Waals surface area contributed by atoms with E-state index in [0.717, 1.165) is 16.7 Å². The van der Waals surface area contributed by atoms with Crippen LogP contribution < -0.4 is 0 Å². The summed E-state index contributed by atoms with van der Waals surface area (Å²) in [5.74, 6) is 0. The predicted octanol–water partition coefficient (Wildman–Crippen LogP) is 3.07. The maximum Gasteiger partial charge on any atom is 0.156 e. The summed E-state index contributed by atoms with van der Waals surface area (Å²) >= 11 is 5.97. The molecule has 0 aliphatic carbocycles. The first-order chi connectivity index (χ1) is 7.86. The smallest absolute Gasteiger partial charge is 0.156 e. The van der Waals surface area contributed by atoms with Gasteiger partial charge in [0.05, 0.1) is 5.52 Å². The predicted molar refractivity (Wildman–Crippen MR) is 63.9 cm³/mol. The highest BCUT2D eigenvalue weighted by atomic mass is 35.5. The van der Waals surface area contributed by atoms with Crippen LogP contribution in [0.5, 0.6) is 0 Å². The Morgan fingerprint density at radius 1 is 1.00 bits per heavy atom. The fourth-order valence-electron chi connectivity index (χ4n) is 1.70. The van der Waals surface area contributed by atoms with Crippen molar-refractivity contribution in [3.8, 4) is 5.69 Å². The molecule has 0 saturated heterocycles. The lowest BCUT2D eigenvalue weighted by molar-refractivity contribution is 1.09. The minimum absolute atomic E-state index is 0.437. The molecule has 3 nitrogen and oxygen atoms in total. The van der Waals surface area contributed by atoms with Crippen molar-refractivity contribution in [1.29, 1.82) is 0 Å². The average Bonchev–Trinajstić information content (AvgIpc) is 2.75. The van der Waals surface area contributed by atoms with Gasteiger partial charge in [0, 0.05) is 11.9 Å². The van der Waals surface area contributed by atoms with Gasteiger partial charge in [-0.2, -0.15) is 0 Å². The minimum Gasteiger partial charge on any atom is -0.299 e. The lowest BCUT2D eigenvalue weighted by Gasteiger charge is -2.02. The first kappa shape index (κ1) is 9.36. The molecule has 0 radical (unpaired) electrons. The van der Waals surface area contributed by atoms with Gasteiger partial charge in [-0.3, -0.25) is 4.57 Å². The Balaban J connectivity index is 2.30. The minimum atomic E-state index is 0.437. The van der Waals surface area contributed by atoms with Crippen LogP contribution in [0.1, 0.15) is 0 Å². The summed E-state index contributed by atoms with van der Waals surface area (Å²) in [6.45, 7) is 0. The number of nitrogens with zero attached hydrogens (tertiary/aromatic N) is 3. The second-order valence-corrected chi connectivity index (χ2v) is 3.78. The van der Waals surface area contributed by atoms with Crippen LogP contribution in [0.25, 0.3) is 16.7 Å². The molecule has 0 aliphatic rings. The van der Waals surface area contributed by atoms with Crippen LogP contribution in [-0.2, 0) is 0 Å². The summed E-state index contributed by atoms with van der Waals surface area (Å²) in [4.78, 5) is 8.27. The van der Waals surface area contributed by atoms with Gasteiger partial charge in [-0.15, -0.1) is 0 Å². The summed E-state index contributed by atoms with van der Waals surface area (Å²) in [5, 5.41) is 0.437. The van der Waals surface area contributed by atoms with Crippen LogP contribution in [0, 0.1) is 0 Å². The molecule has 4 heteroatoms. The number of benzene rings is 1. The normalized spacial score (nSPS) is 10.8. The molecule has 0 atom stereocenters. The molecule has 0 fully saturated rings. The van der Waals surface area contributed by atoms with Crippen molar-refractivity contribution in [2.45, 2.75) is 0 Å². The molecular weight excluding hydrogens is 222 g/mol. The van der Waals surface area contributed by atoms with E-state index in [4.69, 9.17) is 11.6 Å². The van der Waals surface area contributed by atoms with E-state index in [2.05, 4.69) is 9.97 Å². The van der Waals surface area contributed by atoms with Gasteiger partial charge in [-0.25, -0.2) is 9.97 Å². The molecule has 0 amide bonds. The van der Waals surface area contributed by atoms with Crippen molar-refractivity contribution in [2.24, 2.45) is 0 Å². The van der Waals surface area contributed by atoms with Crippen molar-refractivity contribution in [3.63, 3.8) is 0 Å². The third kappa shape index (κ3) is 1.37. The van der Waals surface area contributed by atoms with E-state index in [1.807, 2.05) is 41.0 Å². The van der Waals surface area contributed by atoms with Crippen LogP contribution in [0.15, 0.2) is 48.9 Å². The zero-order chi connectivity index (χ0) is 11.0. The third-order valence-corrected chi connectivity index (χ3v) is 2.73. The monoisotopic (exact) mass is 229 g/mol. The maximum atomic E-state index is 5.97. The summed E-state index contributed by atoms with van der Waals surface area (Å²) < 4.78 is 1.99. The van der Waals surface area contributed by atoms with Crippen molar-refractivity contribution in [1.82, 2.24) is 14.5 Å². The van der Waals surface area contributed by atoms with Crippen LogP contribution in [-0.4, -0.2) is 14.5 Å². The van der Waals surface area contributed by atoms with E-state index in [0.29, 0.717) is 5.15 Å². The Labute approximate surface area is 97.3 Å². The molecule has 0 saturated carbocycles. The number of imidazole rings is 1. The van der Waals surface area contributed by atoms with Gasteiger partial charge in [-0.1, -0.05) is 29.8 Å². The Kier molecular flexibility index (Phi) is 2.11. The molecule has 0 spiro atoms. The maximum absolute atomic E-state index is 5.97. The van der Waals surface area contributed by atoms with E-state index in [1.165, 1.54) is 0 Å². The van der Waals surface area contributed by atoms with Crippen molar-refractivity contribution >= 4 is 22.6 Å². The second kappa shape index (κ2) is 3.61. The molecule has 0 N–H and O–H groups in total. The number of hydrogen-bond donors (Lipinski definition) is 0. The molecule has 78 valence electrons. The molecule has 2 heterocycles. The quantitative estimate of drug-likeness (QED) is 0.601. The highest BCUT2D eigenvalue weighted by Crippen LogP contribution is 2.22. The first-order valence-electron chi connectivity index (χ1n) is 4.89. The average molecular weight is 230 g/mol. The zero-order valence-electron chi connectivity index (χ0n) is 8.34. The van der Waals surface area contributed by atoms with Gasteiger partial charge in [0.2, 0.25) is 0 Å². The topological polar surface area (TPSA) is 30.7 Å². The first-order valence-corrected chi connectivity index (χ1v) is 5.27. The van der Waals surface area contributed by atoms with Gasteiger partial charge in [0.25, 0.3) is 0 Å². The molecule has 2 aromatic heterocycles. The van der Waals surface area contributed by atoms with Gasteiger partial charge in [-0.05, 0) is 18.2 Å². The fourth-order valence-corrected chi connectivity index (χ4v) is 1.91. The summed E-state index contributed by atoms with van der Waals surface area (Å²) in [7, 11) is 0. The van der Waals surface area contributed by atoms with Crippen molar-refractivity contribution in [2.75, 3.05) is 0 Å². The number of halogens is 1. The van der Waals surface area contributed by atoms with Crippen LogP contribution in [0.2, 0.25) is 5.15 Å². The third-order valence-electron chi connectivity index (χ3n) is 2.45. The van der Waals surface area contributed by atoms with Crippen LogP contribution in [0.4, 0.5) is 0 Å². The standard InChI is InChI=1S/C12H8ClN3/c13-12-11-10(6-7-14-12)16(8-15-11)9-4-2-1-3-5-9/h1-8H. The molecule has 0 bridgehead atoms. The molecule has 1 aromatic carbocycles. The zero-order valence-corrected chi connectivity index (χ0v) is 9.09.